The molecule has 3 amide bonds. The summed E-state index contributed by atoms with van der Waals surface area (Å²) in [7, 11) is 3.18. The Morgan fingerprint density at radius 1 is 0.857 bits per heavy atom. The SMILES string of the molecule is COc1cc2oc3c(c2cc1OC)CCN(C(=O)/C=C/c1ccc(NC(=O)c2ccccc2NC(=O)c2cnc4ccccc4c2)cc1)C3. The van der Waals surface area contributed by atoms with E-state index in [1.807, 2.05) is 48.5 Å². The highest BCUT2D eigenvalue weighted by molar-refractivity contribution is 6.13. The Kier molecular flexibility index (Phi) is 8.51. The highest BCUT2D eigenvalue weighted by atomic mass is 16.5. The van der Waals surface area contributed by atoms with Gasteiger partial charge in [0.1, 0.15) is 11.3 Å². The van der Waals surface area contributed by atoms with Crippen LogP contribution in [0.5, 0.6) is 11.5 Å². The van der Waals surface area contributed by atoms with Crippen LogP contribution in [-0.2, 0) is 17.8 Å². The minimum Gasteiger partial charge on any atom is -0.493 e. The lowest BCUT2D eigenvalue weighted by molar-refractivity contribution is -0.127. The number of hydrogen-bond acceptors (Lipinski definition) is 7. The first-order valence-electron chi connectivity index (χ1n) is 15.7. The Labute approximate surface area is 282 Å². The van der Waals surface area contributed by atoms with E-state index in [9.17, 15) is 14.4 Å². The van der Waals surface area contributed by atoms with Gasteiger partial charge in [-0.3, -0.25) is 19.4 Å². The smallest absolute Gasteiger partial charge is 0.257 e. The van der Waals surface area contributed by atoms with Crippen molar-refractivity contribution in [1.29, 1.82) is 0 Å². The number of methoxy groups -OCH3 is 2. The number of nitrogens with zero attached hydrogens (tertiary/aromatic N) is 2. The Hall–Kier alpha value is -6.42. The standard InChI is InChI=1S/C39H32N4O6/c1-47-34-20-30-28-17-18-43(23-36(28)49-33(30)21-35(34)48-2)37(44)16-13-24-11-14-27(15-12-24)41-39(46)29-8-4-6-10-32(29)42-38(45)26-19-25-7-3-5-9-31(25)40-22-26/h3-16,19-22H,17-18,23H2,1-2H3,(H,41,46)(H,42,45)/b16-13+. The van der Waals surface area contributed by atoms with Gasteiger partial charge in [-0.05, 0) is 60.5 Å². The van der Waals surface area contributed by atoms with Crippen LogP contribution in [0, 0.1) is 0 Å². The van der Waals surface area contributed by atoms with Gasteiger partial charge in [-0.2, -0.15) is 0 Å². The van der Waals surface area contributed by atoms with E-state index in [4.69, 9.17) is 13.9 Å². The topological polar surface area (TPSA) is 123 Å². The summed E-state index contributed by atoms with van der Waals surface area (Å²) in [5.74, 6) is 1.11. The molecule has 0 spiro atoms. The van der Waals surface area contributed by atoms with Gasteiger partial charge in [0.2, 0.25) is 5.91 Å². The van der Waals surface area contributed by atoms with Gasteiger partial charge in [0.25, 0.3) is 11.8 Å². The molecule has 10 heteroatoms. The van der Waals surface area contributed by atoms with E-state index in [-0.39, 0.29) is 17.7 Å². The highest BCUT2D eigenvalue weighted by Crippen LogP contribution is 2.38. The second-order valence-electron chi connectivity index (χ2n) is 11.5. The van der Waals surface area contributed by atoms with Crippen LogP contribution < -0.4 is 20.1 Å². The first kappa shape index (κ1) is 31.2. The van der Waals surface area contributed by atoms with Gasteiger partial charge in [-0.15, -0.1) is 0 Å². The zero-order valence-corrected chi connectivity index (χ0v) is 26.9. The molecule has 2 N–H and O–H groups in total. The number of ether oxygens (including phenoxy) is 2. The summed E-state index contributed by atoms with van der Waals surface area (Å²) < 4.78 is 17.0. The number of carbonyl (C=O) groups excluding carboxylic acids is 3. The third-order valence-electron chi connectivity index (χ3n) is 8.52. The van der Waals surface area contributed by atoms with Crippen LogP contribution in [0.25, 0.3) is 27.9 Å². The van der Waals surface area contributed by atoms with Crippen LogP contribution >= 0.6 is 0 Å². The van der Waals surface area contributed by atoms with Crippen molar-refractivity contribution in [3.05, 3.63) is 131 Å². The number of benzene rings is 4. The third kappa shape index (κ3) is 6.44. The Balaban J connectivity index is 0.979. The van der Waals surface area contributed by atoms with Crippen LogP contribution in [0.1, 0.15) is 37.6 Å². The van der Waals surface area contributed by atoms with E-state index in [0.29, 0.717) is 59.1 Å². The molecule has 10 nitrogen and oxygen atoms in total. The van der Waals surface area contributed by atoms with Gasteiger partial charge >= 0.3 is 0 Å². The summed E-state index contributed by atoms with van der Waals surface area (Å²) in [5.41, 5.74) is 5.01. The van der Waals surface area contributed by atoms with Crippen molar-refractivity contribution in [2.24, 2.45) is 0 Å². The maximum Gasteiger partial charge on any atom is 0.257 e. The van der Waals surface area contributed by atoms with Crippen LogP contribution in [0.2, 0.25) is 0 Å². The number of anilines is 2. The van der Waals surface area contributed by atoms with Gasteiger partial charge < -0.3 is 29.4 Å². The van der Waals surface area contributed by atoms with E-state index in [0.717, 1.165) is 33.2 Å². The Bertz CT molecular complexity index is 2260. The number of carbonyl (C=O) groups is 3. The summed E-state index contributed by atoms with van der Waals surface area (Å²) >= 11 is 0. The molecule has 3 heterocycles. The lowest BCUT2D eigenvalue weighted by Gasteiger charge is -2.25. The number of fused-ring (bicyclic) bond motifs is 4. The lowest BCUT2D eigenvalue weighted by atomic mass is 10.0. The Morgan fingerprint density at radius 3 is 2.43 bits per heavy atom. The van der Waals surface area contributed by atoms with Gasteiger partial charge in [0, 0.05) is 46.9 Å². The minimum atomic E-state index is -0.377. The van der Waals surface area contributed by atoms with E-state index in [1.54, 1.807) is 67.7 Å². The predicted octanol–water partition coefficient (Wildman–Crippen LogP) is 7.10. The van der Waals surface area contributed by atoms with Crippen LogP contribution in [0.15, 0.2) is 108 Å². The molecule has 244 valence electrons. The maximum atomic E-state index is 13.3. The van der Waals surface area contributed by atoms with Crippen LogP contribution in [0.3, 0.4) is 0 Å². The van der Waals surface area contributed by atoms with Gasteiger partial charge in [-0.1, -0.05) is 42.5 Å². The summed E-state index contributed by atoms with van der Waals surface area (Å²) in [6.45, 7) is 0.926. The highest BCUT2D eigenvalue weighted by Gasteiger charge is 2.26. The van der Waals surface area contributed by atoms with E-state index in [2.05, 4.69) is 15.6 Å². The summed E-state index contributed by atoms with van der Waals surface area (Å²) in [6.07, 6.45) is 5.46. The van der Waals surface area contributed by atoms with Gasteiger partial charge in [0.15, 0.2) is 11.5 Å². The van der Waals surface area contributed by atoms with Gasteiger partial charge in [-0.25, -0.2) is 0 Å². The zero-order chi connectivity index (χ0) is 33.9. The molecule has 1 aliphatic heterocycles. The van der Waals surface area contributed by atoms with Crippen molar-refractivity contribution in [1.82, 2.24) is 9.88 Å². The predicted molar refractivity (Wildman–Crippen MR) is 188 cm³/mol. The quantitative estimate of drug-likeness (QED) is 0.168. The molecule has 0 unspecified atom stereocenters. The number of hydrogen-bond donors (Lipinski definition) is 2. The van der Waals surface area contributed by atoms with E-state index < -0.39 is 0 Å². The molecule has 0 bridgehead atoms. The minimum absolute atomic E-state index is 0.128. The molecule has 0 saturated heterocycles. The molecule has 6 aromatic rings. The normalized spacial score (nSPS) is 12.6. The largest absolute Gasteiger partial charge is 0.493 e. The fourth-order valence-corrected chi connectivity index (χ4v) is 5.94. The average molecular weight is 653 g/mol. The number of amides is 3. The van der Waals surface area contributed by atoms with E-state index >= 15 is 0 Å². The summed E-state index contributed by atoms with van der Waals surface area (Å²) in [4.78, 5) is 45.5. The third-order valence-corrected chi connectivity index (χ3v) is 8.52. The summed E-state index contributed by atoms with van der Waals surface area (Å²) in [6, 6.07) is 27.0. The van der Waals surface area contributed by atoms with Crippen molar-refractivity contribution >= 4 is 57.0 Å². The Morgan fingerprint density at radius 2 is 1.61 bits per heavy atom. The van der Waals surface area contributed by atoms with E-state index in [1.165, 1.54) is 12.3 Å². The van der Waals surface area contributed by atoms with Gasteiger partial charge in [0.05, 0.1) is 43.1 Å². The molecule has 49 heavy (non-hydrogen) atoms. The maximum absolute atomic E-state index is 13.3. The van der Waals surface area contributed by atoms with Crippen molar-refractivity contribution in [3.8, 4) is 11.5 Å². The second kappa shape index (κ2) is 13.4. The molecule has 2 aromatic heterocycles. The first-order valence-corrected chi connectivity index (χ1v) is 15.7. The van der Waals surface area contributed by atoms with Crippen molar-refractivity contribution in [2.75, 3.05) is 31.4 Å². The number of para-hydroxylation sites is 2. The van der Waals surface area contributed by atoms with Crippen molar-refractivity contribution < 1.29 is 28.3 Å². The fourth-order valence-electron chi connectivity index (χ4n) is 5.94. The zero-order valence-electron chi connectivity index (χ0n) is 26.9. The average Bonchev–Trinajstić information content (AvgIpc) is 3.50. The number of furan rings is 1. The fraction of sp³-hybridized carbons (Fsp3) is 0.128. The van der Waals surface area contributed by atoms with Crippen molar-refractivity contribution in [2.45, 2.75) is 13.0 Å². The molecular formula is C39H32N4O6. The molecule has 0 fully saturated rings. The molecule has 0 aliphatic carbocycles. The molecular weight excluding hydrogens is 620 g/mol. The number of pyridine rings is 1. The molecule has 0 radical (unpaired) electrons. The number of aromatic nitrogens is 1. The summed E-state index contributed by atoms with van der Waals surface area (Å²) in [5, 5.41) is 7.54. The first-order chi connectivity index (χ1) is 23.9. The van der Waals surface area contributed by atoms with Crippen LogP contribution in [0.4, 0.5) is 11.4 Å². The monoisotopic (exact) mass is 652 g/mol. The molecule has 4 aromatic carbocycles. The molecule has 0 saturated carbocycles. The molecule has 1 aliphatic rings. The lowest BCUT2D eigenvalue weighted by Crippen LogP contribution is -2.34. The molecule has 7 rings (SSSR count). The molecule has 0 atom stereocenters. The second-order valence-corrected chi connectivity index (χ2v) is 11.5. The number of nitrogens with one attached hydrogen (secondary N) is 2. The van der Waals surface area contributed by atoms with Crippen LogP contribution in [-0.4, -0.2) is 48.4 Å². The van der Waals surface area contributed by atoms with Crippen molar-refractivity contribution in [3.63, 3.8) is 0 Å². The number of rotatable bonds is 8.